The second kappa shape index (κ2) is 6.01. The molecule has 2 aromatic carbocycles. The van der Waals surface area contributed by atoms with E-state index in [2.05, 4.69) is 5.32 Å². The van der Waals surface area contributed by atoms with Crippen molar-refractivity contribution in [3.63, 3.8) is 0 Å². The highest BCUT2D eigenvalue weighted by Gasteiger charge is 2.13. The zero-order valence-corrected chi connectivity index (χ0v) is 11.6. The highest BCUT2D eigenvalue weighted by atomic mass is 19.1. The SMILES string of the molecule is COc1cc(Nc2c(C#N)cccc2OC)c(F)cc1N. The monoisotopic (exact) mass is 287 g/mol. The highest BCUT2D eigenvalue weighted by Crippen LogP contribution is 2.35. The molecule has 0 fully saturated rings. The lowest BCUT2D eigenvalue weighted by Gasteiger charge is -2.15. The molecule has 0 radical (unpaired) electrons. The van der Waals surface area contributed by atoms with Gasteiger partial charge in [0.2, 0.25) is 0 Å². The molecule has 0 aliphatic heterocycles. The van der Waals surface area contributed by atoms with Crippen LogP contribution in [-0.4, -0.2) is 14.2 Å². The molecule has 0 aromatic heterocycles. The topological polar surface area (TPSA) is 80.3 Å². The minimum absolute atomic E-state index is 0.141. The number of nitriles is 1. The number of benzene rings is 2. The Bertz CT molecular complexity index is 711. The van der Waals surface area contributed by atoms with E-state index in [1.807, 2.05) is 6.07 Å². The summed E-state index contributed by atoms with van der Waals surface area (Å²) in [5.74, 6) is 0.222. The van der Waals surface area contributed by atoms with Gasteiger partial charge < -0.3 is 20.5 Å². The molecule has 2 aromatic rings. The predicted molar refractivity (Wildman–Crippen MR) is 78.4 cm³/mol. The number of ether oxygens (including phenoxy) is 2. The molecular formula is C15H14FN3O2. The minimum atomic E-state index is -0.553. The van der Waals surface area contributed by atoms with E-state index < -0.39 is 5.82 Å². The number of anilines is 3. The molecular weight excluding hydrogens is 273 g/mol. The summed E-state index contributed by atoms with van der Waals surface area (Å²) in [6.45, 7) is 0. The van der Waals surface area contributed by atoms with Crippen molar-refractivity contribution in [3.8, 4) is 17.6 Å². The summed E-state index contributed by atoms with van der Waals surface area (Å²) in [7, 11) is 2.92. The number of nitrogens with one attached hydrogen (secondary N) is 1. The second-order valence-corrected chi connectivity index (χ2v) is 4.19. The van der Waals surface area contributed by atoms with Crippen molar-refractivity contribution in [1.82, 2.24) is 0 Å². The fourth-order valence-corrected chi connectivity index (χ4v) is 1.90. The van der Waals surface area contributed by atoms with E-state index in [1.165, 1.54) is 20.3 Å². The predicted octanol–water partition coefficient (Wildman–Crippen LogP) is 3.04. The Labute approximate surface area is 121 Å². The van der Waals surface area contributed by atoms with Crippen LogP contribution < -0.4 is 20.5 Å². The van der Waals surface area contributed by atoms with Crippen molar-refractivity contribution < 1.29 is 13.9 Å². The van der Waals surface area contributed by atoms with Crippen molar-refractivity contribution in [2.75, 3.05) is 25.3 Å². The molecule has 0 aliphatic carbocycles. The van der Waals surface area contributed by atoms with Gasteiger partial charge in [-0.25, -0.2) is 4.39 Å². The van der Waals surface area contributed by atoms with Crippen LogP contribution >= 0.6 is 0 Å². The molecule has 108 valence electrons. The van der Waals surface area contributed by atoms with E-state index in [-0.39, 0.29) is 11.4 Å². The van der Waals surface area contributed by atoms with Crippen LogP contribution in [0.3, 0.4) is 0 Å². The molecule has 0 heterocycles. The van der Waals surface area contributed by atoms with Crippen LogP contribution in [0.5, 0.6) is 11.5 Å². The summed E-state index contributed by atoms with van der Waals surface area (Å²) in [6.07, 6.45) is 0. The lowest BCUT2D eigenvalue weighted by molar-refractivity contribution is 0.415. The van der Waals surface area contributed by atoms with Crippen molar-refractivity contribution in [2.45, 2.75) is 0 Å². The summed E-state index contributed by atoms with van der Waals surface area (Å²) >= 11 is 0. The summed E-state index contributed by atoms with van der Waals surface area (Å²) in [5, 5.41) is 12.0. The molecule has 0 atom stereocenters. The highest BCUT2D eigenvalue weighted by molar-refractivity contribution is 5.75. The van der Waals surface area contributed by atoms with Gasteiger partial charge >= 0.3 is 0 Å². The second-order valence-electron chi connectivity index (χ2n) is 4.19. The molecule has 0 saturated heterocycles. The zero-order chi connectivity index (χ0) is 15.4. The van der Waals surface area contributed by atoms with Gasteiger partial charge in [0, 0.05) is 12.1 Å². The standard InChI is InChI=1S/C15H14FN3O2/c1-20-13-5-3-4-9(8-17)15(13)19-12-7-14(21-2)11(18)6-10(12)16/h3-7,19H,18H2,1-2H3. The Balaban J connectivity index is 2.50. The van der Waals surface area contributed by atoms with Crippen LogP contribution in [0.15, 0.2) is 30.3 Å². The third kappa shape index (κ3) is 2.82. The fraction of sp³-hybridized carbons (Fsp3) is 0.133. The molecule has 0 bridgehead atoms. The van der Waals surface area contributed by atoms with E-state index in [0.29, 0.717) is 22.7 Å². The molecule has 3 N–H and O–H groups in total. The van der Waals surface area contributed by atoms with Crippen molar-refractivity contribution in [1.29, 1.82) is 5.26 Å². The lowest BCUT2D eigenvalue weighted by atomic mass is 10.1. The quantitative estimate of drug-likeness (QED) is 0.845. The van der Waals surface area contributed by atoms with Crippen LogP contribution in [0, 0.1) is 17.1 Å². The maximum atomic E-state index is 14.0. The molecule has 0 saturated carbocycles. The summed E-state index contributed by atoms with van der Waals surface area (Å²) < 4.78 is 24.3. The van der Waals surface area contributed by atoms with Crippen molar-refractivity contribution >= 4 is 17.1 Å². The van der Waals surface area contributed by atoms with Gasteiger partial charge in [-0.05, 0) is 12.1 Å². The van der Waals surface area contributed by atoms with Crippen LogP contribution in [-0.2, 0) is 0 Å². The number of hydrogen-bond acceptors (Lipinski definition) is 5. The number of rotatable bonds is 4. The molecule has 5 nitrogen and oxygen atoms in total. The first-order valence-corrected chi connectivity index (χ1v) is 6.07. The lowest BCUT2D eigenvalue weighted by Crippen LogP contribution is -2.01. The normalized spacial score (nSPS) is 9.81. The van der Waals surface area contributed by atoms with E-state index >= 15 is 0 Å². The Hall–Kier alpha value is -2.94. The number of halogens is 1. The maximum absolute atomic E-state index is 14.0. The first-order chi connectivity index (χ1) is 10.1. The van der Waals surface area contributed by atoms with E-state index in [9.17, 15) is 4.39 Å². The van der Waals surface area contributed by atoms with Crippen LogP contribution in [0.1, 0.15) is 5.56 Å². The van der Waals surface area contributed by atoms with Gasteiger partial charge in [0.15, 0.2) is 0 Å². The first-order valence-electron chi connectivity index (χ1n) is 6.07. The van der Waals surface area contributed by atoms with Crippen molar-refractivity contribution in [3.05, 3.63) is 41.7 Å². The smallest absolute Gasteiger partial charge is 0.148 e. The van der Waals surface area contributed by atoms with Crippen LogP contribution in [0.2, 0.25) is 0 Å². The molecule has 0 aliphatic rings. The molecule has 6 heteroatoms. The Morgan fingerprint density at radius 3 is 2.52 bits per heavy atom. The van der Waals surface area contributed by atoms with Gasteiger partial charge in [0.05, 0.1) is 36.8 Å². The van der Waals surface area contributed by atoms with Gasteiger partial charge in [-0.1, -0.05) is 6.07 Å². The molecule has 0 spiro atoms. The third-order valence-corrected chi connectivity index (χ3v) is 2.95. The average molecular weight is 287 g/mol. The maximum Gasteiger partial charge on any atom is 0.148 e. The van der Waals surface area contributed by atoms with Crippen LogP contribution in [0.25, 0.3) is 0 Å². The number of nitrogens with two attached hydrogens (primary N) is 1. The van der Waals surface area contributed by atoms with E-state index in [1.54, 1.807) is 18.2 Å². The van der Waals surface area contributed by atoms with E-state index in [0.717, 1.165) is 6.07 Å². The third-order valence-electron chi connectivity index (χ3n) is 2.95. The largest absolute Gasteiger partial charge is 0.495 e. The van der Waals surface area contributed by atoms with Gasteiger partial charge in [-0.2, -0.15) is 5.26 Å². The van der Waals surface area contributed by atoms with Gasteiger partial charge in [-0.3, -0.25) is 0 Å². The van der Waals surface area contributed by atoms with Gasteiger partial charge in [0.25, 0.3) is 0 Å². The summed E-state index contributed by atoms with van der Waals surface area (Å²) in [6, 6.07) is 9.58. The zero-order valence-electron chi connectivity index (χ0n) is 11.6. The molecule has 0 amide bonds. The average Bonchev–Trinajstić information content (AvgIpc) is 2.49. The Morgan fingerprint density at radius 2 is 1.90 bits per heavy atom. The molecule has 21 heavy (non-hydrogen) atoms. The Kier molecular flexibility index (Phi) is 4.14. The van der Waals surface area contributed by atoms with E-state index in [4.69, 9.17) is 20.5 Å². The number of nitrogens with zero attached hydrogens (tertiary/aromatic N) is 1. The summed E-state index contributed by atoms with van der Waals surface area (Å²) in [4.78, 5) is 0. The number of methoxy groups -OCH3 is 2. The number of para-hydroxylation sites is 1. The number of hydrogen-bond donors (Lipinski definition) is 2. The Morgan fingerprint density at radius 1 is 1.19 bits per heavy atom. The van der Waals surface area contributed by atoms with Crippen LogP contribution in [0.4, 0.5) is 21.5 Å². The van der Waals surface area contributed by atoms with Gasteiger partial charge in [-0.15, -0.1) is 0 Å². The van der Waals surface area contributed by atoms with Crippen molar-refractivity contribution in [2.24, 2.45) is 0 Å². The van der Waals surface area contributed by atoms with Gasteiger partial charge in [0.1, 0.15) is 23.4 Å². The fourth-order valence-electron chi connectivity index (χ4n) is 1.90. The summed E-state index contributed by atoms with van der Waals surface area (Å²) in [5.41, 5.74) is 6.69. The molecule has 2 rings (SSSR count). The minimum Gasteiger partial charge on any atom is -0.495 e. The number of nitrogen functional groups attached to an aromatic ring is 1. The first kappa shape index (κ1) is 14.5. The molecule has 0 unspecified atom stereocenters.